The van der Waals surface area contributed by atoms with Crippen molar-refractivity contribution in [2.45, 2.75) is 13.8 Å². The number of nitrogens with zero attached hydrogens (tertiary/aromatic N) is 2. The summed E-state index contributed by atoms with van der Waals surface area (Å²) in [5.74, 6) is 0. The van der Waals surface area contributed by atoms with Crippen LogP contribution in [-0.4, -0.2) is 16.5 Å². The number of hydrogen-bond donors (Lipinski definition) is 1. The van der Waals surface area contributed by atoms with Crippen LogP contribution >= 0.6 is 12.2 Å². The molecule has 19 heavy (non-hydrogen) atoms. The average Bonchev–Trinajstić information content (AvgIpc) is 2.42. The number of benzene rings is 1. The van der Waals surface area contributed by atoms with Crippen molar-refractivity contribution in [3.8, 4) is 0 Å². The lowest BCUT2D eigenvalue weighted by molar-refractivity contribution is 1.00. The molecule has 0 saturated carbocycles. The van der Waals surface area contributed by atoms with Gasteiger partial charge in [0, 0.05) is 18.4 Å². The van der Waals surface area contributed by atoms with E-state index >= 15 is 0 Å². The zero-order valence-electron chi connectivity index (χ0n) is 11.1. The van der Waals surface area contributed by atoms with Gasteiger partial charge in [0.2, 0.25) is 0 Å². The van der Waals surface area contributed by atoms with E-state index in [1.54, 1.807) is 6.20 Å². The van der Waals surface area contributed by atoms with E-state index in [0.29, 0.717) is 10.7 Å². The topological polar surface area (TPSA) is 42.2 Å². The van der Waals surface area contributed by atoms with Crippen LogP contribution in [0.2, 0.25) is 0 Å². The number of aryl methyl sites for hydroxylation is 1. The van der Waals surface area contributed by atoms with Gasteiger partial charge in [0.15, 0.2) is 0 Å². The van der Waals surface area contributed by atoms with Crippen molar-refractivity contribution in [3.05, 3.63) is 53.9 Å². The fourth-order valence-corrected chi connectivity index (χ4v) is 2.30. The SMILES string of the molecule is CCN(c1ccccc1C)c1cccnc1C(N)=S. The van der Waals surface area contributed by atoms with Gasteiger partial charge in [-0.2, -0.15) is 0 Å². The Hall–Kier alpha value is -1.94. The van der Waals surface area contributed by atoms with Crippen LogP contribution in [0.4, 0.5) is 11.4 Å². The Labute approximate surface area is 119 Å². The Bertz CT molecular complexity index is 595. The van der Waals surface area contributed by atoms with E-state index in [1.807, 2.05) is 24.3 Å². The summed E-state index contributed by atoms with van der Waals surface area (Å²) in [5.41, 5.74) is 9.74. The van der Waals surface area contributed by atoms with Crippen LogP contribution in [0.1, 0.15) is 18.2 Å². The predicted octanol–water partition coefficient (Wildman–Crippen LogP) is 3.18. The zero-order valence-corrected chi connectivity index (χ0v) is 11.9. The van der Waals surface area contributed by atoms with Gasteiger partial charge >= 0.3 is 0 Å². The van der Waals surface area contributed by atoms with Crippen LogP contribution in [0.25, 0.3) is 0 Å². The molecule has 0 aliphatic heterocycles. The number of thiocarbonyl (C=S) groups is 1. The lowest BCUT2D eigenvalue weighted by atomic mass is 10.1. The molecule has 0 amide bonds. The van der Waals surface area contributed by atoms with Crippen LogP contribution in [-0.2, 0) is 0 Å². The van der Waals surface area contributed by atoms with Gasteiger partial charge in [-0.3, -0.25) is 4.98 Å². The van der Waals surface area contributed by atoms with Crippen molar-refractivity contribution >= 4 is 28.6 Å². The molecule has 0 aliphatic carbocycles. The Morgan fingerprint density at radius 3 is 2.53 bits per heavy atom. The van der Waals surface area contributed by atoms with E-state index in [1.165, 1.54) is 5.56 Å². The molecule has 1 aromatic carbocycles. The fraction of sp³-hybridized carbons (Fsp3) is 0.200. The third-order valence-corrected chi connectivity index (χ3v) is 3.23. The summed E-state index contributed by atoms with van der Waals surface area (Å²) in [5, 5.41) is 0. The Kier molecular flexibility index (Phi) is 4.12. The molecule has 0 fully saturated rings. The lowest BCUT2D eigenvalue weighted by Gasteiger charge is -2.26. The summed E-state index contributed by atoms with van der Waals surface area (Å²) in [6.07, 6.45) is 1.71. The first kappa shape index (κ1) is 13.5. The van der Waals surface area contributed by atoms with E-state index in [9.17, 15) is 0 Å². The summed E-state index contributed by atoms with van der Waals surface area (Å²) in [6.45, 7) is 5.02. The van der Waals surface area contributed by atoms with Gasteiger partial charge in [0.25, 0.3) is 0 Å². The van der Waals surface area contributed by atoms with Crippen molar-refractivity contribution in [2.24, 2.45) is 5.73 Å². The zero-order chi connectivity index (χ0) is 13.8. The normalized spacial score (nSPS) is 10.2. The van der Waals surface area contributed by atoms with Gasteiger partial charge in [-0.15, -0.1) is 0 Å². The van der Waals surface area contributed by atoms with Gasteiger partial charge in [-0.05, 0) is 37.6 Å². The van der Waals surface area contributed by atoms with Crippen molar-refractivity contribution in [1.82, 2.24) is 4.98 Å². The minimum Gasteiger partial charge on any atom is -0.388 e. The Morgan fingerprint density at radius 1 is 1.21 bits per heavy atom. The lowest BCUT2D eigenvalue weighted by Crippen LogP contribution is -2.22. The minimum absolute atomic E-state index is 0.322. The largest absolute Gasteiger partial charge is 0.388 e. The van der Waals surface area contributed by atoms with E-state index in [-0.39, 0.29) is 0 Å². The molecule has 1 aromatic heterocycles. The molecule has 1 heterocycles. The van der Waals surface area contributed by atoms with Gasteiger partial charge in [0.05, 0.1) is 5.69 Å². The van der Waals surface area contributed by atoms with Gasteiger partial charge in [0.1, 0.15) is 10.7 Å². The highest BCUT2D eigenvalue weighted by Gasteiger charge is 2.15. The van der Waals surface area contributed by atoms with Crippen LogP contribution < -0.4 is 10.6 Å². The maximum atomic E-state index is 5.77. The molecule has 2 aromatic rings. The number of anilines is 2. The molecule has 98 valence electrons. The molecule has 2 rings (SSSR count). The highest BCUT2D eigenvalue weighted by molar-refractivity contribution is 7.80. The quantitative estimate of drug-likeness (QED) is 0.867. The molecular weight excluding hydrogens is 254 g/mol. The molecule has 0 bridgehead atoms. The number of nitrogens with two attached hydrogens (primary N) is 1. The van der Waals surface area contributed by atoms with E-state index in [2.05, 4.69) is 35.9 Å². The monoisotopic (exact) mass is 271 g/mol. The van der Waals surface area contributed by atoms with E-state index in [4.69, 9.17) is 18.0 Å². The Morgan fingerprint density at radius 2 is 1.89 bits per heavy atom. The molecule has 4 heteroatoms. The second kappa shape index (κ2) is 5.80. The molecule has 0 unspecified atom stereocenters. The van der Waals surface area contributed by atoms with Gasteiger partial charge in [-0.1, -0.05) is 30.4 Å². The first-order chi connectivity index (χ1) is 9.15. The van der Waals surface area contributed by atoms with E-state index < -0.39 is 0 Å². The number of pyridine rings is 1. The first-order valence-corrected chi connectivity index (χ1v) is 6.64. The van der Waals surface area contributed by atoms with Crippen LogP contribution in [0.3, 0.4) is 0 Å². The number of aromatic nitrogens is 1. The molecule has 0 spiro atoms. The highest BCUT2D eigenvalue weighted by atomic mass is 32.1. The molecule has 0 saturated heterocycles. The third kappa shape index (κ3) is 2.74. The van der Waals surface area contributed by atoms with E-state index in [0.717, 1.165) is 17.9 Å². The van der Waals surface area contributed by atoms with Crippen LogP contribution in [0, 0.1) is 6.92 Å². The highest BCUT2D eigenvalue weighted by Crippen LogP contribution is 2.29. The van der Waals surface area contributed by atoms with Crippen LogP contribution in [0.15, 0.2) is 42.6 Å². The fourth-order valence-electron chi connectivity index (χ4n) is 2.14. The average molecular weight is 271 g/mol. The molecule has 2 N–H and O–H groups in total. The standard InChI is InChI=1S/C15H17N3S/c1-3-18(12-8-5-4-7-11(12)2)13-9-6-10-17-14(13)15(16)19/h4-10H,3H2,1-2H3,(H2,16,19). The molecular formula is C15H17N3S. The second-order valence-corrected chi connectivity index (χ2v) is 4.71. The first-order valence-electron chi connectivity index (χ1n) is 6.23. The van der Waals surface area contributed by atoms with Crippen molar-refractivity contribution in [2.75, 3.05) is 11.4 Å². The smallest absolute Gasteiger partial charge is 0.124 e. The number of hydrogen-bond acceptors (Lipinski definition) is 3. The van der Waals surface area contributed by atoms with Gasteiger partial charge < -0.3 is 10.6 Å². The summed E-state index contributed by atoms with van der Waals surface area (Å²) in [4.78, 5) is 6.79. The second-order valence-electron chi connectivity index (χ2n) is 4.27. The van der Waals surface area contributed by atoms with Gasteiger partial charge in [-0.25, -0.2) is 0 Å². The third-order valence-electron chi connectivity index (χ3n) is 3.03. The maximum Gasteiger partial charge on any atom is 0.124 e. The predicted molar refractivity (Wildman–Crippen MR) is 84.0 cm³/mol. The molecule has 0 atom stereocenters. The summed E-state index contributed by atoms with van der Waals surface area (Å²) in [6, 6.07) is 12.1. The summed E-state index contributed by atoms with van der Waals surface area (Å²) >= 11 is 5.09. The summed E-state index contributed by atoms with van der Waals surface area (Å²) < 4.78 is 0. The molecule has 3 nitrogen and oxygen atoms in total. The number of rotatable bonds is 4. The maximum absolute atomic E-state index is 5.77. The summed E-state index contributed by atoms with van der Waals surface area (Å²) in [7, 11) is 0. The van der Waals surface area contributed by atoms with Crippen LogP contribution in [0.5, 0.6) is 0 Å². The van der Waals surface area contributed by atoms with Crippen molar-refractivity contribution < 1.29 is 0 Å². The van der Waals surface area contributed by atoms with Crippen molar-refractivity contribution in [3.63, 3.8) is 0 Å². The molecule has 0 radical (unpaired) electrons. The molecule has 0 aliphatic rings. The minimum atomic E-state index is 0.322. The number of para-hydroxylation sites is 1. The van der Waals surface area contributed by atoms with Crippen molar-refractivity contribution in [1.29, 1.82) is 0 Å². The Balaban J connectivity index is 2.55.